The van der Waals surface area contributed by atoms with Crippen LogP contribution >= 0.6 is 24.0 Å². The molecule has 0 amide bonds. The number of nitrogens with zero attached hydrogens (tertiary/aromatic N) is 2. The normalized spacial score (nSPS) is 20.3. The van der Waals surface area contributed by atoms with Gasteiger partial charge in [-0.15, -0.1) is 0 Å². The number of nitrogens with two attached hydrogens (primary N) is 1. The maximum absolute atomic E-state index is 12.3. The van der Waals surface area contributed by atoms with E-state index in [0.29, 0.717) is 30.9 Å². The monoisotopic (exact) mass is 320 g/mol. The quantitative estimate of drug-likeness (QED) is 0.789. The molecule has 0 spiro atoms. The average Bonchev–Trinajstić information content (AvgIpc) is 2.93. The molecular weight excluding hydrogens is 304 g/mol. The molecule has 0 aliphatic carbocycles. The van der Waals surface area contributed by atoms with Crippen LogP contribution < -0.4 is 5.73 Å². The average molecular weight is 320 g/mol. The Morgan fingerprint density at radius 1 is 1.58 bits per heavy atom. The van der Waals surface area contributed by atoms with Crippen LogP contribution in [0.15, 0.2) is 17.3 Å². The summed E-state index contributed by atoms with van der Waals surface area (Å²) in [5.41, 5.74) is 5.79. The first-order valence-electron chi connectivity index (χ1n) is 5.76. The van der Waals surface area contributed by atoms with Crippen molar-refractivity contribution in [2.24, 2.45) is 5.73 Å². The van der Waals surface area contributed by atoms with Gasteiger partial charge in [0.1, 0.15) is 4.90 Å². The first kappa shape index (κ1) is 14.8. The van der Waals surface area contributed by atoms with Gasteiger partial charge in [-0.05, 0) is 19.1 Å². The van der Waals surface area contributed by atoms with Crippen LogP contribution in [0.3, 0.4) is 0 Å². The van der Waals surface area contributed by atoms with E-state index in [4.69, 9.17) is 18.0 Å². The molecule has 1 aromatic heterocycles. The molecule has 106 valence electrons. The van der Waals surface area contributed by atoms with Gasteiger partial charge in [-0.3, -0.25) is 5.10 Å². The van der Waals surface area contributed by atoms with Crippen LogP contribution in [-0.4, -0.2) is 52.0 Å². The molecule has 0 radical (unpaired) electrons. The minimum atomic E-state index is -3.46. The van der Waals surface area contributed by atoms with Crippen LogP contribution in [0.5, 0.6) is 0 Å². The molecule has 2 heterocycles. The van der Waals surface area contributed by atoms with Crippen LogP contribution in [0.1, 0.15) is 12.8 Å². The van der Waals surface area contributed by atoms with Gasteiger partial charge in [-0.2, -0.15) is 21.2 Å². The van der Waals surface area contributed by atoms with Crippen molar-refractivity contribution in [3.05, 3.63) is 12.4 Å². The Kier molecular flexibility index (Phi) is 4.19. The van der Waals surface area contributed by atoms with Crippen molar-refractivity contribution in [3.8, 4) is 0 Å². The fourth-order valence-corrected chi connectivity index (χ4v) is 4.76. The van der Waals surface area contributed by atoms with Gasteiger partial charge in [0.05, 0.1) is 15.9 Å². The molecule has 0 bridgehead atoms. The predicted octanol–water partition coefficient (Wildman–Crippen LogP) is 0.582. The summed E-state index contributed by atoms with van der Waals surface area (Å²) in [6.45, 7) is 0.845. The topological polar surface area (TPSA) is 92.1 Å². The number of aromatic nitrogens is 2. The number of H-pyrrole nitrogens is 1. The lowest BCUT2D eigenvalue weighted by Gasteiger charge is -2.39. The van der Waals surface area contributed by atoms with Crippen molar-refractivity contribution < 1.29 is 8.42 Å². The molecule has 0 unspecified atom stereocenters. The predicted molar refractivity (Wildman–Crippen MR) is 79.6 cm³/mol. The van der Waals surface area contributed by atoms with E-state index in [1.54, 1.807) is 11.8 Å². The van der Waals surface area contributed by atoms with E-state index < -0.39 is 10.0 Å². The highest BCUT2D eigenvalue weighted by Gasteiger charge is 2.40. The second kappa shape index (κ2) is 5.39. The van der Waals surface area contributed by atoms with Crippen LogP contribution in [0.2, 0.25) is 0 Å². The number of thioether (sulfide) groups is 1. The summed E-state index contributed by atoms with van der Waals surface area (Å²) in [7, 11) is -3.46. The molecule has 0 saturated carbocycles. The van der Waals surface area contributed by atoms with Crippen LogP contribution in [-0.2, 0) is 10.0 Å². The second-order valence-electron chi connectivity index (χ2n) is 4.40. The third kappa shape index (κ3) is 2.64. The summed E-state index contributed by atoms with van der Waals surface area (Å²) < 4.78 is 25.8. The minimum Gasteiger partial charge on any atom is -0.392 e. The molecule has 1 aromatic rings. The number of rotatable bonds is 4. The summed E-state index contributed by atoms with van der Waals surface area (Å²) in [5, 5.41) is 6.20. The van der Waals surface area contributed by atoms with Crippen molar-refractivity contribution in [3.63, 3.8) is 0 Å². The number of hydrogen-bond donors (Lipinski definition) is 2. The maximum Gasteiger partial charge on any atom is 0.246 e. The van der Waals surface area contributed by atoms with Gasteiger partial charge in [0.15, 0.2) is 0 Å². The third-order valence-electron chi connectivity index (χ3n) is 3.48. The van der Waals surface area contributed by atoms with Crippen LogP contribution in [0.4, 0.5) is 0 Å². The fraction of sp³-hybridized carbons (Fsp3) is 0.600. The smallest absolute Gasteiger partial charge is 0.246 e. The van der Waals surface area contributed by atoms with Gasteiger partial charge in [-0.1, -0.05) is 12.2 Å². The van der Waals surface area contributed by atoms with E-state index in [9.17, 15) is 8.42 Å². The highest BCUT2D eigenvalue weighted by molar-refractivity contribution is 8.02. The van der Waals surface area contributed by atoms with E-state index in [1.165, 1.54) is 16.7 Å². The zero-order chi connectivity index (χ0) is 14.1. The molecule has 9 heteroatoms. The standard InChI is InChI=1S/C10H16N4O2S3/c1-18-10(9(11)17)2-4-14(5-3-10)19(15,16)8-6-12-13-7-8/h6-7H,2-5H2,1H3,(H2,11,17)(H,12,13). The highest BCUT2D eigenvalue weighted by Crippen LogP contribution is 2.36. The van der Waals surface area contributed by atoms with E-state index in [-0.39, 0.29) is 9.64 Å². The maximum atomic E-state index is 12.3. The zero-order valence-electron chi connectivity index (χ0n) is 10.5. The highest BCUT2D eigenvalue weighted by atomic mass is 32.2. The van der Waals surface area contributed by atoms with Crippen molar-refractivity contribution in [2.75, 3.05) is 19.3 Å². The molecule has 19 heavy (non-hydrogen) atoms. The first-order valence-corrected chi connectivity index (χ1v) is 8.84. The Morgan fingerprint density at radius 3 is 2.63 bits per heavy atom. The molecule has 2 rings (SSSR count). The van der Waals surface area contributed by atoms with Gasteiger partial charge in [-0.25, -0.2) is 8.42 Å². The van der Waals surface area contributed by atoms with Crippen molar-refractivity contribution in [2.45, 2.75) is 22.5 Å². The van der Waals surface area contributed by atoms with E-state index in [2.05, 4.69) is 10.2 Å². The molecule has 0 aromatic carbocycles. The lowest BCUT2D eigenvalue weighted by atomic mass is 9.97. The third-order valence-corrected chi connectivity index (χ3v) is 7.27. The Labute approximate surface area is 122 Å². The summed E-state index contributed by atoms with van der Waals surface area (Å²) in [4.78, 5) is 0.653. The SMILES string of the molecule is CSC1(C(N)=S)CCN(S(=O)(=O)c2cn[nH]c2)CC1. The molecule has 1 saturated heterocycles. The van der Waals surface area contributed by atoms with Gasteiger partial charge >= 0.3 is 0 Å². The Morgan fingerprint density at radius 2 is 2.21 bits per heavy atom. The van der Waals surface area contributed by atoms with Crippen LogP contribution in [0, 0.1) is 0 Å². The summed E-state index contributed by atoms with van der Waals surface area (Å²) in [6, 6.07) is 0. The molecule has 1 fully saturated rings. The van der Waals surface area contributed by atoms with Crippen molar-refractivity contribution >= 4 is 39.0 Å². The van der Waals surface area contributed by atoms with Gasteiger partial charge in [0, 0.05) is 19.3 Å². The van der Waals surface area contributed by atoms with Crippen molar-refractivity contribution in [1.82, 2.24) is 14.5 Å². The largest absolute Gasteiger partial charge is 0.392 e. The number of sulfonamides is 1. The van der Waals surface area contributed by atoms with Crippen molar-refractivity contribution in [1.29, 1.82) is 0 Å². The van der Waals surface area contributed by atoms with E-state index >= 15 is 0 Å². The molecule has 6 nitrogen and oxygen atoms in total. The number of thiocarbonyl (C=S) groups is 1. The number of aromatic amines is 1. The minimum absolute atomic E-state index is 0.194. The zero-order valence-corrected chi connectivity index (χ0v) is 12.9. The lowest BCUT2D eigenvalue weighted by Crippen LogP contribution is -2.50. The Hall–Kier alpha value is -0.640. The lowest BCUT2D eigenvalue weighted by molar-refractivity contribution is 0.333. The van der Waals surface area contributed by atoms with Gasteiger partial charge < -0.3 is 5.73 Å². The fourth-order valence-electron chi connectivity index (χ4n) is 2.17. The summed E-state index contributed by atoms with van der Waals surface area (Å²) in [6.07, 6.45) is 5.94. The number of hydrogen-bond acceptors (Lipinski definition) is 5. The van der Waals surface area contributed by atoms with Crippen LogP contribution in [0.25, 0.3) is 0 Å². The molecule has 0 atom stereocenters. The summed E-state index contributed by atoms with van der Waals surface area (Å²) in [5.74, 6) is 0. The molecule has 1 aliphatic rings. The molecule has 3 N–H and O–H groups in total. The Bertz CT molecular complexity index is 547. The Balaban J connectivity index is 2.15. The number of piperidine rings is 1. The van der Waals surface area contributed by atoms with Gasteiger partial charge in [0.25, 0.3) is 0 Å². The molecular formula is C10H16N4O2S3. The molecule has 1 aliphatic heterocycles. The summed E-state index contributed by atoms with van der Waals surface area (Å²) >= 11 is 6.72. The van der Waals surface area contributed by atoms with E-state index in [1.807, 2.05) is 6.26 Å². The first-order chi connectivity index (χ1) is 8.92. The number of nitrogens with one attached hydrogen (secondary N) is 1. The second-order valence-corrected chi connectivity index (χ2v) is 7.97. The van der Waals surface area contributed by atoms with E-state index in [0.717, 1.165) is 0 Å². The van der Waals surface area contributed by atoms with Gasteiger partial charge in [0.2, 0.25) is 10.0 Å².